The molecule has 0 atom stereocenters. The highest BCUT2D eigenvalue weighted by molar-refractivity contribution is 7.98. The Labute approximate surface area is 165 Å². The average molecular weight is 391 g/mol. The predicted molar refractivity (Wildman–Crippen MR) is 107 cm³/mol. The van der Waals surface area contributed by atoms with Crippen LogP contribution in [0.2, 0.25) is 0 Å². The lowest BCUT2D eigenvalue weighted by molar-refractivity contribution is -0.117. The van der Waals surface area contributed by atoms with Crippen molar-refractivity contribution in [1.82, 2.24) is 29.3 Å². The lowest BCUT2D eigenvalue weighted by Crippen LogP contribution is -2.14. The summed E-state index contributed by atoms with van der Waals surface area (Å²) in [7, 11) is 0. The molecule has 8 nitrogen and oxygen atoms in total. The van der Waals surface area contributed by atoms with Gasteiger partial charge < -0.3 is 5.73 Å². The van der Waals surface area contributed by atoms with Crippen molar-refractivity contribution in [2.75, 3.05) is 6.26 Å². The molecular weight excluding hydrogens is 374 g/mol. The van der Waals surface area contributed by atoms with Gasteiger partial charge in [0.15, 0.2) is 5.16 Å². The zero-order valence-electron chi connectivity index (χ0n) is 15.3. The van der Waals surface area contributed by atoms with Crippen LogP contribution in [0, 0.1) is 6.92 Å². The van der Waals surface area contributed by atoms with Gasteiger partial charge in [0.25, 0.3) is 0 Å². The second-order valence-electron chi connectivity index (χ2n) is 6.13. The molecule has 0 aliphatic heterocycles. The summed E-state index contributed by atoms with van der Waals surface area (Å²) in [6, 6.07) is 9.36. The standard InChI is InChI=1S/C19H17N7OS/c1-11-4-3-5-13(22-11)16-17(14-6-8-21-19(24-14)28-2)26-9-7-12(10-15(20)27)23-18(26)25-16/h3-9H,10H2,1-2H3,(H2,20,27). The maximum Gasteiger partial charge on any atom is 0.235 e. The SMILES string of the molecule is CSc1nccc(-c2c(-c3cccc(C)n3)nc3nc(CC(N)=O)ccn23)n1. The normalized spacial score (nSPS) is 11.1. The molecule has 9 heteroatoms. The fourth-order valence-electron chi connectivity index (χ4n) is 2.91. The van der Waals surface area contributed by atoms with Crippen molar-refractivity contribution in [1.29, 1.82) is 0 Å². The predicted octanol–water partition coefficient (Wildman–Crippen LogP) is 2.31. The van der Waals surface area contributed by atoms with Crippen molar-refractivity contribution < 1.29 is 4.79 Å². The molecule has 140 valence electrons. The molecule has 0 unspecified atom stereocenters. The molecule has 0 saturated carbocycles. The van der Waals surface area contributed by atoms with Crippen LogP contribution in [-0.4, -0.2) is 41.5 Å². The van der Waals surface area contributed by atoms with E-state index < -0.39 is 5.91 Å². The maximum absolute atomic E-state index is 11.3. The number of aromatic nitrogens is 6. The molecule has 4 heterocycles. The minimum atomic E-state index is -0.440. The topological polar surface area (TPSA) is 112 Å². The van der Waals surface area contributed by atoms with Crippen molar-refractivity contribution in [3.05, 3.63) is 54.1 Å². The van der Waals surface area contributed by atoms with E-state index in [0.717, 1.165) is 22.8 Å². The highest BCUT2D eigenvalue weighted by Gasteiger charge is 2.20. The quantitative estimate of drug-likeness (QED) is 0.410. The third-order valence-electron chi connectivity index (χ3n) is 4.10. The van der Waals surface area contributed by atoms with Crippen LogP contribution in [-0.2, 0) is 11.2 Å². The number of hydrogen-bond donors (Lipinski definition) is 1. The Balaban J connectivity index is 1.98. The number of amides is 1. The van der Waals surface area contributed by atoms with Crippen molar-refractivity contribution in [2.45, 2.75) is 18.5 Å². The van der Waals surface area contributed by atoms with Gasteiger partial charge in [0.2, 0.25) is 11.7 Å². The molecular formula is C19H17N7OS. The van der Waals surface area contributed by atoms with E-state index >= 15 is 0 Å². The number of carbonyl (C=O) groups excluding carboxylic acids is 1. The minimum Gasteiger partial charge on any atom is -0.369 e. The van der Waals surface area contributed by atoms with Crippen LogP contribution in [0.15, 0.2) is 47.9 Å². The van der Waals surface area contributed by atoms with Gasteiger partial charge in [-0.15, -0.1) is 0 Å². The summed E-state index contributed by atoms with van der Waals surface area (Å²) in [5, 5.41) is 0.661. The zero-order valence-corrected chi connectivity index (χ0v) is 16.1. The van der Waals surface area contributed by atoms with Crippen LogP contribution in [0.1, 0.15) is 11.4 Å². The molecule has 4 rings (SSSR count). The summed E-state index contributed by atoms with van der Waals surface area (Å²) in [5.41, 5.74) is 9.62. The Morgan fingerprint density at radius 2 is 1.96 bits per heavy atom. The second kappa shape index (κ2) is 7.35. The van der Waals surface area contributed by atoms with E-state index in [1.165, 1.54) is 11.8 Å². The summed E-state index contributed by atoms with van der Waals surface area (Å²) in [5.74, 6) is 0.0148. The van der Waals surface area contributed by atoms with Crippen LogP contribution >= 0.6 is 11.8 Å². The number of thioether (sulfide) groups is 1. The smallest absolute Gasteiger partial charge is 0.235 e. The number of rotatable bonds is 5. The Morgan fingerprint density at radius 3 is 2.71 bits per heavy atom. The molecule has 0 spiro atoms. The third-order valence-corrected chi connectivity index (χ3v) is 4.66. The fourth-order valence-corrected chi connectivity index (χ4v) is 3.27. The molecule has 0 radical (unpaired) electrons. The van der Waals surface area contributed by atoms with E-state index in [0.29, 0.717) is 22.3 Å². The van der Waals surface area contributed by atoms with E-state index in [1.807, 2.05) is 48.0 Å². The summed E-state index contributed by atoms with van der Waals surface area (Å²) in [6.07, 6.45) is 5.52. The van der Waals surface area contributed by atoms with Gasteiger partial charge in [0, 0.05) is 18.1 Å². The van der Waals surface area contributed by atoms with Gasteiger partial charge in [-0.05, 0) is 37.4 Å². The molecule has 2 N–H and O–H groups in total. The van der Waals surface area contributed by atoms with Crippen molar-refractivity contribution >= 4 is 23.4 Å². The molecule has 0 bridgehead atoms. The van der Waals surface area contributed by atoms with Gasteiger partial charge in [-0.1, -0.05) is 17.8 Å². The molecule has 0 saturated heterocycles. The Bertz CT molecular complexity index is 1190. The molecule has 1 amide bonds. The molecule has 4 aromatic rings. The number of aryl methyl sites for hydroxylation is 1. The number of imidazole rings is 1. The van der Waals surface area contributed by atoms with Crippen LogP contribution < -0.4 is 5.73 Å². The second-order valence-corrected chi connectivity index (χ2v) is 6.91. The zero-order chi connectivity index (χ0) is 19.7. The van der Waals surface area contributed by atoms with Crippen LogP contribution in [0.25, 0.3) is 28.6 Å². The van der Waals surface area contributed by atoms with Crippen molar-refractivity contribution in [3.63, 3.8) is 0 Å². The first-order chi connectivity index (χ1) is 13.5. The number of fused-ring (bicyclic) bond motifs is 1. The third kappa shape index (κ3) is 3.44. The van der Waals surface area contributed by atoms with Crippen LogP contribution in [0.3, 0.4) is 0 Å². The van der Waals surface area contributed by atoms with E-state index in [9.17, 15) is 4.79 Å². The Hall–Kier alpha value is -3.33. The summed E-state index contributed by atoms with van der Waals surface area (Å²) >= 11 is 1.46. The van der Waals surface area contributed by atoms with E-state index in [1.54, 1.807) is 12.3 Å². The van der Waals surface area contributed by atoms with Crippen molar-refractivity contribution in [3.8, 4) is 22.8 Å². The highest BCUT2D eigenvalue weighted by Crippen LogP contribution is 2.31. The van der Waals surface area contributed by atoms with Gasteiger partial charge in [-0.25, -0.2) is 19.9 Å². The Morgan fingerprint density at radius 1 is 1.11 bits per heavy atom. The molecule has 28 heavy (non-hydrogen) atoms. The van der Waals surface area contributed by atoms with Gasteiger partial charge in [0.1, 0.15) is 11.4 Å². The first-order valence-electron chi connectivity index (χ1n) is 8.53. The van der Waals surface area contributed by atoms with E-state index in [2.05, 4.69) is 19.9 Å². The largest absolute Gasteiger partial charge is 0.369 e. The van der Waals surface area contributed by atoms with Gasteiger partial charge in [0.05, 0.1) is 23.5 Å². The van der Waals surface area contributed by atoms with E-state index in [4.69, 9.17) is 10.7 Å². The first kappa shape index (κ1) is 18.1. The highest BCUT2D eigenvalue weighted by atomic mass is 32.2. The molecule has 4 aromatic heterocycles. The van der Waals surface area contributed by atoms with Gasteiger partial charge >= 0.3 is 0 Å². The number of carbonyl (C=O) groups is 1. The average Bonchev–Trinajstić information content (AvgIpc) is 3.06. The van der Waals surface area contributed by atoms with Crippen molar-refractivity contribution in [2.24, 2.45) is 5.73 Å². The summed E-state index contributed by atoms with van der Waals surface area (Å²) < 4.78 is 1.84. The molecule has 0 aromatic carbocycles. The van der Waals surface area contributed by atoms with E-state index in [-0.39, 0.29) is 6.42 Å². The van der Waals surface area contributed by atoms with Gasteiger partial charge in [-0.2, -0.15) is 0 Å². The molecule has 0 aliphatic rings. The lowest BCUT2D eigenvalue weighted by Gasteiger charge is -2.06. The van der Waals surface area contributed by atoms with Crippen LogP contribution in [0.4, 0.5) is 0 Å². The lowest BCUT2D eigenvalue weighted by atomic mass is 10.1. The number of nitrogens with two attached hydrogens (primary N) is 1. The first-order valence-corrected chi connectivity index (χ1v) is 9.75. The fraction of sp³-hybridized carbons (Fsp3) is 0.158. The Kier molecular flexibility index (Phi) is 4.74. The molecule has 0 fully saturated rings. The summed E-state index contributed by atoms with van der Waals surface area (Å²) in [4.78, 5) is 33.9. The number of hydrogen-bond acceptors (Lipinski definition) is 7. The minimum absolute atomic E-state index is 0.0564. The monoisotopic (exact) mass is 391 g/mol. The van der Waals surface area contributed by atoms with Gasteiger partial charge in [-0.3, -0.25) is 14.2 Å². The molecule has 0 aliphatic carbocycles. The number of pyridine rings is 1. The maximum atomic E-state index is 11.3. The number of primary amides is 1. The number of nitrogens with zero attached hydrogens (tertiary/aromatic N) is 6. The summed E-state index contributed by atoms with van der Waals surface area (Å²) in [6.45, 7) is 1.93. The van der Waals surface area contributed by atoms with Crippen LogP contribution in [0.5, 0.6) is 0 Å².